The van der Waals surface area contributed by atoms with Gasteiger partial charge >= 0.3 is 0 Å². The quantitative estimate of drug-likeness (QED) is 0.795. The Bertz CT molecular complexity index is 344. The molecular formula is C10H15ClN2O2. The summed E-state index contributed by atoms with van der Waals surface area (Å²) in [5.74, 6) is 0.515. The first kappa shape index (κ1) is 12.2. The third-order valence-corrected chi connectivity index (χ3v) is 2.49. The fraction of sp³-hybridized carbons (Fsp3) is 0.600. The molecule has 1 rings (SSSR count). The second-order valence-corrected chi connectivity index (χ2v) is 3.79. The number of ether oxygens (including phenoxy) is 2. The Balaban J connectivity index is 2.82. The maximum absolute atomic E-state index is 5.83. The summed E-state index contributed by atoms with van der Waals surface area (Å²) >= 11 is 5.83. The van der Waals surface area contributed by atoms with Crippen molar-refractivity contribution in [3.8, 4) is 5.88 Å². The number of aromatic nitrogens is 2. The molecule has 15 heavy (non-hydrogen) atoms. The highest BCUT2D eigenvalue weighted by molar-refractivity contribution is 6.30. The third kappa shape index (κ3) is 3.04. The van der Waals surface area contributed by atoms with Crippen LogP contribution < -0.4 is 4.74 Å². The van der Waals surface area contributed by atoms with E-state index in [1.807, 2.05) is 20.8 Å². The van der Waals surface area contributed by atoms with Crippen molar-refractivity contribution < 1.29 is 9.47 Å². The molecule has 5 heteroatoms. The summed E-state index contributed by atoms with van der Waals surface area (Å²) < 4.78 is 10.5. The van der Waals surface area contributed by atoms with Crippen LogP contribution in [0.2, 0.25) is 5.15 Å². The van der Waals surface area contributed by atoms with E-state index < -0.39 is 0 Å². The summed E-state index contributed by atoms with van der Waals surface area (Å²) in [5.41, 5.74) is 1.81. The highest BCUT2D eigenvalue weighted by Crippen LogP contribution is 2.22. The van der Waals surface area contributed by atoms with Crippen molar-refractivity contribution in [2.45, 2.75) is 26.9 Å². The zero-order valence-corrected chi connectivity index (χ0v) is 10.1. The number of rotatable bonds is 4. The van der Waals surface area contributed by atoms with Gasteiger partial charge in [0, 0.05) is 12.7 Å². The van der Waals surface area contributed by atoms with Gasteiger partial charge in [-0.3, -0.25) is 0 Å². The van der Waals surface area contributed by atoms with Gasteiger partial charge in [0.25, 0.3) is 0 Å². The summed E-state index contributed by atoms with van der Waals surface area (Å²) in [6.07, 6.45) is -0.0522. The Labute approximate surface area is 94.6 Å². The molecule has 0 radical (unpaired) electrons. The molecule has 0 aliphatic rings. The summed E-state index contributed by atoms with van der Waals surface area (Å²) in [4.78, 5) is 0. The fourth-order valence-electron chi connectivity index (χ4n) is 1.13. The zero-order valence-electron chi connectivity index (χ0n) is 9.37. The number of hydrogen-bond donors (Lipinski definition) is 0. The molecule has 0 saturated heterocycles. The molecule has 0 amide bonds. The van der Waals surface area contributed by atoms with Crippen molar-refractivity contribution in [3.05, 3.63) is 16.3 Å². The minimum Gasteiger partial charge on any atom is -0.471 e. The van der Waals surface area contributed by atoms with Crippen LogP contribution >= 0.6 is 11.6 Å². The van der Waals surface area contributed by atoms with Crippen LogP contribution in [0.25, 0.3) is 0 Å². The molecule has 4 nitrogen and oxygen atoms in total. The average molecular weight is 231 g/mol. The van der Waals surface area contributed by atoms with E-state index in [4.69, 9.17) is 21.1 Å². The van der Waals surface area contributed by atoms with Crippen LogP contribution in [0.1, 0.15) is 18.1 Å². The molecule has 0 saturated carbocycles. The molecule has 1 aromatic rings. The summed E-state index contributed by atoms with van der Waals surface area (Å²) in [5, 5.41) is 8.12. The van der Waals surface area contributed by atoms with Crippen molar-refractivity contribution >= 4 is 11.6 Å². The van der Waals surface area contributed by atoms with E-state index >= 15 is 0 Å². The molecule has 1 atom stereocenters. The van der Waals surface area contributed by atoms with Gasteiger partial charge in [0.1, 0.15) is 6.10 Å². The van der Waals surface area contributed by atoms with Crippen molar-refractivity contribution in [2.75, 3.05) is 13.7 Å². The van der Waals surface area contributed by atoms with Gasteiger partial charge in [-0.2, -0.15) is 0 Å². The van der Waals surface area contributed by atoms with Gasteiger partial charge in [-0.15, -0.1) is 10.2 Å². The molecule has 0 aromatic carbocycles. The van der Waals surface area contributed by atoms with Crippen LogP contribution in [-0.2, 0) is 4.74 Å². The zero-order chi connectivity index (χ0) is 11.4. The SMILES string of the molecule is COCC(C)Oc1nnc(Cl)c(C)c1C. The van der Waals surface area contributed by atoms with Crippen molar-refractivity contribution in [2.24, 2.45) is 0 Å². The minimum atomic E-state index is -0.0522. The average Bonchev–Trinajstić information content (AvgIpc) is 2.20. The van der Waals surface area contributed by atoms with Gasteiger partial charge < -0.3 is 9.47 Å². The van der Waals surface area contributed by atoms with E-state index in [-0.39, 0.29) is 6.10 Å². The Kier molecular flexibility index (Phi) is 4.29. The Morgan fingerprint density at radius 3 is 2.53 bits per heavy atom. The second kappa shape index (κ2) is 5.28. The monoisotopic (exact) mass is 230 g/mol. The molecule has 84 valence electrons. The maximum Gasteiger partial charge on any atom is 0.237 e. The first-order valence-electron chi connectivity index (χ1n) is 4.71. The van der Waals surface area contributed by atoms with E-state index in [1.54, 1.807) is 7.11 Å². The Hall–Kier alpha value is -0.870. The molecule has 0 spiro atoms. The molecule has 0 aliphatic heterocycles. The minimum absolute atomic E-state index is 0.0522. The number of halogens is 1. The first-order valence-corrected chi connectivity index (χ1v) is 5.09. The van der Waals surface area contributed by atoms with E-state index in [0.29, 0.717) is 17.6 Å². The smallest absolute Gasteiger partial charge is 0.237 e. The van der Waals surface area contributed by atoms with E-state index in [0.717, 1.165) is 11.1 Å². The van der Waals surface area contributed by atoms with Crippen molar-refractivity contribution in [3.63, 3.8) is 0 Å². The first-order chi connectivity index (χ1) is 7.06. The number of methoxy groups -OCH3 is 1. The van der Waals surface area contributed by atoms with Crippen molar-refractivity contribution in [1.82, 2.24) is 10.2 Å². The van der Waals surface area contributed by atoms with Gasteiger partial charge in [-0.1, -0.05) is 11.6 Å². The van der Waals surface area contributed by atoms with Gasteiger partial charge in [-0.25, -0.2) is 0 Å². The van der Waals surface area contributed by atoms with E-state index in [1.165, 1.54) is 0 Å². The highest BCUT2D eigenvalue weighted by atomic mass is 35.5. The normalized spacial score (nSPS) is 12.6. The molecular weight excluding hydrogens is 216 g/mol. The lowest BCUT2D eigenvalue weighted by atomic mass is 10.2. The second-order valence-electron chi connectivity index (χ2n) is 3.43. The van der Waals surface area contributed by atoms with Crippen LogP contribution in [0.15, 0.2) is 0 Å². The highest BCUT2D eigenvalue weighted by Gasteiger charge is 2.11. The third-order valence-electron chi connectivity index (χ3n) is 2.14. The number of nitrogens with zero attached hydrogens (tertiary/aromatic N) is 2. The molecule has 0 bridgehead atoms. The predicted molar refractivity (Wildman–Crippen MR) is 58.5 cm³/mol. The van der Waals surface area contributed by atoms with Gasteiger partial charge in [0.15, 0.2) is 5.15 Å². The molecule has 1 unspecified atom stereocenters. The topological polar surface area (TPSA) is 44.2 Å². The van der Waals surface area contributed by atoms with Crippen LogP contribution in [0.4, 0.5) is 0 Å². The van der Waals surface area contributed by atoms with Gasteiger partial charge in [0.05, 0.1) is 6.61 Å². The van der Waals surface area contributed by atoms with Gasteiger partial charge in [0.2, 0.25) is 5.88 Å². The summed E-state index contributed by atoms with van der Waals surface area (Å²) in [6.45, 7) is 6.22. The largest absolute Gasteiger partial charge is 0.471 e. The lowest BCUT2D eigenvalue weighted by Gasteiger charge is -2.14. The van der Waals surface area contributed by atoms with Crippen molar-refractivity contribution in [1.29, 1.82) is 0 Å². The van der Waals surface area contributed by atoms with Crippen LogP contribution in [-0.4, -0.2) is 30.0 Å². The van der Waals surface area contributed by atoms with Crippen LogP contribution in [0.5, 0.6) is 5.88 Å². The Morgan fingerprint density at radius 2 is 1.93 bits per heavy atom. The van der Waals surface area contributed by atoms with Crippen LogP contribution in [0.3, 0.4) is 0 Å². The molecule has 1 aromatic heterocycles. The molecule has 1 heterocycles. The number of hydrogen-bond acceptors (Lipinski definition) is 4. The molecule has 0 fully saturated rings. The summed E-state index contributed by atoms with van der Waals surface area (Å²) in [7, 11) is 1.63. The van der Waals surface area contributed by atoms with Crippen LogP contribution in [0, 0.1) is 13.8 Å². The summed E-state index contributed by atoms with van der Waals surface area (Å²) in [6, 6.07) is 0. The molecule has 0 N–H and O–H groups in total. The maximum atomic E-state index is 5.83. The predicted octanol–water partition coefficient (Wildman–Crippen LogP) is 2.16. The molecule has 0 aliphatic carbocycles. The fourth-order valence-corrected chi connectivity index (χ4v) is 1.31. The Morgan fingerprint density at radius 1 is 1.27 bits per heavy atom. The van der Waals surface area contributed by atoms with E-state index in [2.05, 4.69) is 10.2 Å². The van der Waals surface area contributed by atoms with E-state index in [9.17, 15) is 0 Å². The lowest BCUT2D eigenvalue weighted by molar-refractivity contribution is 0.0877. The van der Waals surface area contributed by atoms with Gasteiger partial charge in [-0.05, 0) is 26.3 Å². The standard InChI is InChI=1S/C10H15ClN2O2/c1-6(5-14-4)15-10-8(3)7(2)9(11)12-13-10/h6H,5H2,1-4H3. The lowest BCUT2D eigenvalue weighted by Crippen LogP contribution is -2.19.